The molecule has 0 radical (unpaired) electrons. The fraction of sp³-hybridized carbons (Fsp3) is 0.281. The van der Waals surface area contributed by atoms with Gasteiger partial charge in [0.15, 0.2) is 29.2 Å². The summed E-state index contributed by atoms with van der Waals surface area (Å²) in [5, 5.41) is 19.9. The van der Waals surface area contributed by atoms with Crippen LogP contribution in [0, 0.1) is 0 Å². The molecule has 1 heterocycles. The lowest BCUT2D eigenvalue weighted by atomic mass is 9.95. The number of hydrogen-bond acceptors (Lipinski definition) is 10. The maximum atomic E-state index is 12.5. The minimum atomic E-state index is -1.16. The number of nitrogens with zero attached hydrogens (tertiary/aromatic N) is 1. The van der Waals surface area contributed by atoms with Crippen LogP contribution in [0.5, 0.6) is 23.0 Å². The van der Waals surface area contributed by atoms with Crippen molar-refractivity contribution in [1.82, 2.24) is 16.1 Å². The molecule has 4 rings (SSSR count). The Bertz CT molecular complexity index is 1560. The van der Waals surface area contributed by atoms with Gasteiger partial charge in [-0.05, 0) is 70.7 Å². The molecule has 1 aliphatic heterocycles. The average Bonchev–Trinajstić information content (AvgIpc) is 3.03. The molecule has 2 atom stereocenters. The first-order valence-electron chi connectivity index (χ1n) is 14.0. The SMILES string of the molecule is CCOc1cc([C@H]2NC(=O)NC(C)=C2C(=O)OC)ccc1OC[C@@H](O)N/N=C\c1cc(Br)c(OCc2ccccc2)c(OC)c1. The molecular weight excluding hydrogens is 648 g/mol. The van der Waals surface area contributed by atoms with Crippen molar-refractivity contribution in [3.05, 3.63) is 93.1 Å². The number of carbonyl (C=O) groups is 2. The van der Waals surface area contributed by atoms with Crippen LogP contribution in [0.4, 0.5) is 4.79 Å². The minimum Gasteiger partial charge on any atom is -0.493 e. The van der Waals surface area contributed by atoms with Crippen LogP contribution in [0.2, 0.25) is 0 Å². The first-order chi connectivity index (χ1) is 21.7. The first-order valence-corrected chi connectivity index (χ1v) is 14.8. The Kier molecular flexibility index (Phi) is 11.7. The molecule has 3 aromatic carbocycles. The molecule has 0 fully saturated rings. The van der Waals surface area contributed by atoms with Gasteiger partial charge in [0, 0.05) is 5.70 Å². The van der Waals surface area contributed by atoms with E-state index in [1.807, 2.05) is 43.3 Å². The van der Waals surface area contributed by atoms with Gasteiger partial charge >= 0.3 is 12.0 Å². The first kappa shape index (κ1) is 33.1. The summed E-state index contributed by atoms with van der Waals surface area (Å²) in [4.78, 5) is 24.6. The summed E-state index contributed by atoms with van der Waals surface area (Å²) >= 11 is 3.54. The lowest BCUT2D eigenvalue weighted by Gasteiger charge is -2.28. The van der Waals surface area contributed by atoms with Gasteiger partial charge in [0.25, 0.3) is 0 Å². The number of esters is 1. The van der Waals surface area contributed by atoms with Gasteiger partial charge in [-0.15, -0.1) is 0 Å². The average molecular weight is 684 g/mol. The number of allylic oxidation sites excluding steroid dienone is 1. The number of methoxy groups -OCH3 is 2. The van der Waals surface area contributed by atoms with E-state index in [1.165, 1.54) is 13.3 Å². The van der Waals surface area contributed by atoms with Gasteiger partial charge in [0.2, 0.25) is 0 Å². The molecule has 0 unspecified atom stereocenters. The number of carbonyl (C=O) groups excluding carboxylic acids is 2. The highest BCUT2D eigenvalue weighted by Crippen LogP contribution is 2.37. The molecule has 3 aromatic rings. The van der Waals surface area contributed by atoms with Crippen molar-refractivity contribution in [2.24, 2.45) is 5.10 Å². The van der Waals surface area contributed by atoms with E-state index < -0.39 is 24.3 Å². The third-order valence-corrected chi connectivity index (χ3v) is 7.18. The van der Waals surface area contributed by atoms with E-state index in [2.05, 4.69) is 37.1 Å². The molecule has 4 N–H and O–H groups in total. The minimum absolute atomic E-state index is 0.160. The third kappa shape index (κ3) is 8.67. The zero-order chi connectivity index (χ0) is 32.3. The monoisotopic (exact) mass is 682 g/mol. The van der Waals surface area contributed by atoms with Crippen LogP contribution in [-0.4, -0.2) is 57.0 Å². The molecule has 2 amide bonds. The number of halogens is 1. The molecule has 238 valence electrons. The summed E-state index contributed by atoms with van der Waals surface area (Å²) in [6.07, 6.45) is 0.369. The molecule has 45 heavy (non-hydrogen) atoms. The molecular formula is C32H35BrN4O8. The van der Waals surface area contributed by atoms with E-state index in [4.69, 9.17) is 23.7 Å². The van der Waals surface area contributed by atoms with Gasteiger partial charge in [0.1, 0.15) is 13.2 Å². The normalized spacial score (nSPS) is 15.2. The van der Waals surface area contributed by atoms with E-state index >= 15 is 0 Å². The number of benzene rings is 3. The van der Waals surface area contributed by atoms with Crippen molar-refractivity contribution < 1.29 is 38.4 Å². The number of amides is 2. The lowest BCUT2D eigenvalue weighted by Crippen LogP contribution is -2.45. The Morgan fingerprint density at radius 1 is 1.07 bits per heavy atom. The predicted octanol–water partition coefficient (Wildman–Crippen LogP) is 4.56. The molecule has 0 spiro atoms. The topological polar surface area (TPSA) is 149 Å². The number of ether oxygens (including phenoxy) is 5. The maximum Gasteiger partial charge on any atom is 0.337 e. The Labute approximate surface area is 269 Å². The number of urea groups is 1. The van der Waals surface area contributed by atoms with E-state index in [1.54, 1.807) is 38.3 Å². The van der Waals surface area contributed by atoms with Gasteiger partial charge < -0.3 is 39.4 Å². The van der Waals surface area contributed by atoms with Crippen LogP contribution in [0.15, 0.2) is 81.5 Å². The smallest absolute Gasteiger partial charge is 0.337 e. The third-order valence-electron chi connectivity index (χ3n) is 6.59. The number of hydrogen-bond donors (Lipinski definition) is 4. The molecule has 0 bridgehead atoms. The largest absolute Gasteiger partial charge is 0.493 e. The summed E-state index contributed by atoms with van der Waals surface area (Å²) < 4.78 is 28.7. The highest BCUT2D eigenvalue weighted by Gasteiger charge is 2.32. The highest BCUT2D eigenvalue weighted by atomic mass is 79.9. The quantitative estimate of drug-likeness (QED) is 0.0831. The fourth-order valence-electron chi connectivity index (χ4n) is 4.50. The standard InChI is InChI=1S/C32H35BrN4O8/c1-5-43-25-15-22(29-28(31(39)42-4)19(2)35-32(40)36-29)11-12-24(25)44-18-27(38)37-34-16-21-13-23(33)30(26(14-21)41-3)45-17-20-9-7-6-8-10-20/h6-16,27,29,37-38H,5,17-18H2,1-4H3,(H2,35,36,40)/b34-16-/t27-,29-/m1/s1. The zero-order valence-corrected chi connectivity index (χ0v) is 26.8. The van der Waals surface area contributed by atoms with Crippen molar-refractivity contribution in [2.45, 2.75) is 32.7 Å². The van der Waals surface area contributed by atoms with Gasteiger partial charge in [-0.1, -0.05) is 36.4 Å². The highest BCUT2D eigenvalue weighted by molar-refractivity contribution is 9.10. The molecule has 0 saturated carbocycles. The summed E-state index contributed by atoms with van der Waals surface area (Å²) in [5.74, 6) is 1.23. The Morgan fingerprint density at radius 2 is 1.84 bits per heavy atom. The van der Waals surface area contributed by atoms with Crippen molar-refractivity contribution in [1.29, 1.82) is 0 Å². The second kappa shape index (κ2) is 15.8. The summed E-state index contributed by atoms with van der Waals surface area (Å²) in [6.45, 7) is 3.99. The van der Waals surface area contributed by atoms with E-state index in [9.17, 15) is 14.7 Å². The molecule has 0 aliphatic carbocycles. The van der Waals surface area contributed by atoms with E-state index in [-0.39, 0.29) is 12.2 Å². The molecule has 1 aliphatic rings. The molecule has 0 aromatic heterocycles. The van der Waals surface area contributed by atoms with E-state index in [0.717, 1.165) is 5.56 Å². The van der Waals surface area contributed by atoms with Crippen LogP contribution < -0.4 is 35.0 Å². The Morgan fingerprint density at radius 3 is 2.56 bits per heavy atom. The summed E-state index contributed by atoms with van der Waals surface area (Å²) in [6, 6.07) is 17.2. The van der Waals surface area contributed by atoms with Crippen LogP contribution in [-0.2, 0) is 16.1 Å². The van der Waals surface area contributed by atoms with Gasteiger partial charge in [-0.3, -0.25) is 5.43 Å². The van der Waals surface area contributed by atoms with Crippen molar-refractivity contribution in [3.8, 4) is 23.0 Å². The Hall–Kier alpha value is -4.75. The number of rotatable bonds is 14. The summed E-state index contributed by atoms with van der Waals surface area (Å²) in [7, 11) is 2.83. The van der Waals surface area contributed by atoms with Crippen LogP contribution in [0.3, 0.4) is 0 Å². The van der Waals surface area contributed by atoms with E-state index in [0.29, 0.717) is 57.5 Å². The fourth-order valence-corrected chi connectivity index (χ4v) is 5.08. The van der Waals surface area contributed by atoms with Crippen molar-refractivity contribution in [2.75, 3.05) is 27.4 Å². The van der Waals surface area contributed by atoms with Crippen molar-refractivity contribution in [3.63, 3.8) is 0 Å². The molecule has 12 nitrogen and oxygen atoms in total. The number of hydrazone groups is 1. The predicted molar refractivity (Wildman–Crippen MR) is 170 cm³/mol. The van der Waals surface area contributed by atoms with Gasteiger partial charge in [-0.25, -0.2) is 9.59 Å². The second-order valence-electron chi connectivity index (χ2n) is 9.72. The Balaban J connectivity index is 1.39. The van der Waals surface area contributed by atoms with Gasteiger partial charge in [-0.2, -0.15) is 5.10 Å². The zero-order valence-electron chi connectivity index (χ0n) is 25.3. The van der Waals surface area contributed by atoms with Crippen LogP contribution in [0.25, 0.3) is 0 Å². The number of aliphatic hydroxyl groups excluding tert-OH is 1. The molecule has 13 heteroatoms. The lowest BCUT2D eigenvalue weighted by molar-refractivity contribution is -0.136. The van der Waals surface area contributed by atoms with Crippen LogP contribution in [0.1, 0.15) is 36.6 Å². The van der Waals surface area contributed by atoms with Crippen LogP contribution >= 0.6 is 15.9 Å². The summed E-state index contributed by atoms with van der Waals surface area (Å²) in [5.41, 5.74) is 5.59. The maximum absolute atomic E-state index is 12.5. The van der Waals surface area contributed by atoms with Crippen molar-refractivity contribution >= 4 is 34.1 Å². The number of nitrogens with one attached hydrogen (secondary N) is 3. The second-order valence-corrected chi connectivity index (χ2v) is 10.6. The van der Waals surface area contributed by atoms with Gasteiger partial charge in [0.05, 0.1) is 43.1 Å². The molecule has 0 saturated heterocycles. The number of aliphatic hydroxyl groups is 1.